The minimum Gasteiger partial charge on any atom is -0.497 e. The molecule has 1 aliphatic rings. The number of likely N-dealkylation sites (N-methyl/N-ethyl adjacent to an activating group) is 1. The third-order valence-corrected chi connectivity index (χ3v) is 4.62. The minimum atomic E-state index is 0.176. The Kier molecular flexibility index (Phi) is 8.67. The molecule has 0 bridgehead atoms. The van der Waals surface area contributed by atoms with Gasteiger partial charge in [0.05, 0.1) is 32.9 Å². The lowest BCUT2D eigenvalue weighted by molar-refractivity contribution is 0.0376. The molecule has 0 aliphatic carbocycles. The average molecular weight is 364 g/mol. The quantitative estimate of drug-likeness (QED) is 0.386. The number of benzene rings is 1. The number of nitrogens with one attached hydrogen (secondary N) is 1. The van der Waals surface area contributed by atoms with Crippen molar-refractivity contribution in [3.63, 3.8) is 0 Å². The molecule has 0 radical (unpaired) electrons. The maximum Gasteiger partial charge on any atom is 0.188 e. The summed E-state index contributed by atoms with van der Waals surface area (Å²) in [5, 5.41) is 3.22. The van der Waals surface area contributed by atoms with Gasteiger partial charge >= 0.3 is 0 Å². The Morgan fingerprint density at radius 1 is 1.31 bits per heavy atom. The number of ether oxygens (including phenoxy) is 2. The predicted octanol–water partition coefficient (Wildman–Crippen LogP) is 0.925. The number of aliphatic imine (C=N–C) groups is 1. The van der Waals surface area contributed by atoms with E-state index in [4.69, 9.17) is 15.2 Å². The molecule has 26 heavy (non-hydrogen) atoms. The van der Waals surface area contributed by atoms with Gasteiger partial charge in [-0.15, -0.1) is 0 Å². The summed E-state index contributed by atoms with van der Waals surface area (Å²) >= 11 is 0. The van der Waals surface area contributed by atoms with Crippen LogP contribution < -0.4 is 15.8 Å². The van der Waals surface area contributed by atoms with Gasteiger partial charge in [-0.1, -0.05) is 12.1 Å². The number of guanidine groups is 1. The maximum absolute atomic E-state index is 6.03. The molecule has 1 aromatic carbocycles. The van der Waals surface area contributed by atoms with Crippen molar-refractivity contribution in [1.82, 2.24) is 15.1 Å². The molecule has 1 unspecified atom stereocenters. The fourth-order valence-corrected chi connectivity index (χ4v) is 2.98. The van der Waals surface area contributed by atoms with Crippen LogP contribution in [0.15, 0.2) is 29.3 Å². The van der Waals surface area contributed by atoms with Gasteiger partial charge in [-0.05, 0) is 44.8 Å². The van der Waals surface area contributed by atoms with Crippen LogP contribution in [0.25, 0.3) is 0 Å². The summed E-state index contributed by atoms with van der Waals surface area (Å²) in [6.07, 6.45) is 1.05. The van der Waals surface area contributed by atoms with Gasteiger partial charge in [-0.3, -0.25) is 9.89 Å². The van der Waals surface area contributed by atoms with Gasteiger partial charge in [0.1, 0.15) is 5.75 Å². The zero-order valence-corrected chi connectivity index (χ0v) is 16.3. The molecular formula is C19H33N5O2. The van der Waals surface area contributed by atoms with Gasteiger partial charge in [0.15, 0.2) is 5.96 Å². The molecule has 7 heteroatoms. The van der Waals surface area contributed by atoms with Crippen molar-refractivity contribution < 1.29 is 9.47 Å². The number of methoxy groups -OCH3 is 1. The first-order valence-corrected chi connectivity index (χ1v) is 9.24. The molecule has 1 fully saturated rings. The molecule has 146 valence electrons. The van der Waals surface area contributed by atoms with Gasteiger partial charge in [0.25, 0.3) is 0 Å². The van der Waals surface area contributed by atoms with Crippen LogP contribution in [0.4, 0.5) is 0 Å². The van der Waals surface area contributed by atoms with Crippen molar-refractivity contribution in [2.24, 2.45) is 10.7 Å². The number of rotatable bonds is 9. The number of hydrogen-bond donors (Lipinski definition) is 2. The third kappa shape index (κ3) is 6.82. The Hall–Kier alpha value is -1.83. The van der Waals surface area contributed by atoms with Crippen molar-refractivity contribution in [3.8, 4) is 5.75 Å². The van der Waals surface area contributed by atoms with Crippen molar-refractivity contribution in [1.29, 1.82) is 0 Å². The van der Waals surface area contributed by atoms with Gasteiger partial charge in [0.2, 0.25) is 0 Å². The standard InChI is InChI=1S/C19H33N5O2/c1-23(2)18(16-5-7-17(25-3)8-6-16)15-22-19(20)21-9-4-10-24-11-13-26-14-12-24/h5-8,18H,4,9-15H2,1-3H3,(H3,20,21,22). The molecule has 1 aromatic rings. The molecule has 0 saturated carbocycles. The highest BCUT2D eigenvalue weighted by Crippen LogP contribution is 2.21. The fraction of sp³-hybridized carbons (Fsp3) is 0.632. The summed E-state index contributed by atoms with van der Waals surface area (Å²) in [5.74, 6) is 1.36. The molecule has 1 aliphatic heterocycles. The number of morpholine rings is 1. The van der Waals surface area contributed by atoms with E-state index >= 15 is 0 Å². The lowest BCUT2D eigenvalue weighted by Gasteiger charge is -2.26. The second kappa shape index (κ2) is 11.0. The van der Waals surface area contributed by atoms with E-state index in [0.29, 0.717) is 12.5 Å². The third-order valence-electron chi connectivity index (χ3n) is 4.62. The summed E-state index contributed by atoms with van der Waals surface area (Å²) in [7, 11) is 5.78. The van der Waals surface area contributed by atoms with Crippen molar-refractivity contribution in [3.05, 3.63) is 29.8 Å². The highest BCUT2D eigenvalue weighted by atomic mass is 16.5. The lowest BCUT2D eigenvalue weighted by atomic mass is 10.1. The van der Waals surface area contributed by atoms with E-state index in [2.05, 4.69) is 46.3 Å². The molecule has 1 heterocycles. The number of hydrogen-bond acceptors (Lipinski definition) is 5. The zero-order chi connectivity index (χ0) is 18.8. The Balaban J connectivity index is 1.76. The van der Waals surface area contributed by atoms with E-state index in [1.807, 2.05) is 12.1 Å². The highest BCUT2D eigenvalue weighted by Gasteiger charge is 2.14. The summed E-state index contributed by atoms with van der Waals surface area (Å²) in [6, 6.07) is 8.27. The smallest absolute Gasteiger partial charge is 0.188 e. The van der Waals surface area contributed by atoms with E-state index in [9.17, 15) is 0 Å². The summed E-state index contributed by atoms with van der Waals surface area (Å²) in [6.45, 7) is 6.24. The van der Waals surface area contributed by atoms with E-state index < -0.39 is 0 Å². The summed E-state index contributed by atoms with van der Waals surface area (Å²) in [5.41, 5.74) is 7.23. The van der Waals surface area contributed by atoms with Crippen LogP contribution in [0.1, 0.15) is 18.0 Å². The minimum absolute atomic E-state index is 0.176. The van der Waals surface area contributed by atoms with Gasteiger partial charge in [0, 0.05) is 19.6 Å². The van der Waals surface area contributed by atoms with Crippen molar-refractivity contribution in [2.75, 3.05) is 67.1 Å². The van der Waals surface area contributed by atoms with Gasteiger partial charge < -0.3 is 25.4 Å². The fourth-order valence-electron chi connectivity index (χ4n) is 2.98. The topological polar surface area (TPSA) is 75.3 Å². The second-order valence-corrected chi connectivity index (χ2v) is 6.71. The van der Waals surface area contributed by atoms with E-state index in [-0.39, 0.29) is 6.04 Å². The normalized spacial score (nSPS) is 17.3. The number of nitrogens with zero attached hydrogens (tertiary/aromatic N) is 3. The van der Waals surface area contributed by atoms with Gasteiger partial charge in [-0.25, -0.2) is 0 Å². The van der Waals surface area contributed by atoms with E-state index in [1.54, 1.807) is 7.11 Å². The molecule has 3 N–H and O–H groups in total. The molecular weight excluding hydrogens is 330 g/mol. The number of nitrogens with two attached hydrogens (primary N) is 1. The summed E-state index contributed by atoms with van der Waals surface area (Å²) < 4.78 is 10.6. The second-order valence-electron chi connectivity index (χ2n) is 6.71. The first kappa shape index (κ1) is 20.5. The first-order chi connectivity index (χ1) is 12.6. The molecule has 0 amide bonds. The Morgan fingerprint density at radius 2 is 2.00 bits per heavy atom. The van der Waals surface area contributed by atoms with Gasteiger partial charge in [-0.2, -0.15) is 0 Å². The van der Waals surface area contributed by atoms with Crippen LogP contribution in [0, 0.1) is 0 Å². The monoisotopic (exact) mass is 363 g/mol. The van der Waals surface area contributed by atoms with Crippen molar-refractivity contribution in [2.45, 2.75) is 12.5 Å². The molecule has 1 saturated heterocycles. The Morgan fingerprint density at radius 3 is 2.62 bits per heavy atom. The predicted molar refractivity (Wildman–Crippen MR) is 106 cm³/mol. The molecule has 1 atom stereocenters. The average Bonchev–Trinajstić information content (AvgIpc) is 2.66. The molecule has 0 aromatic heterocycles. The van der Waals surface area contributed by atoms with E-state index in [1.165, 1.54) is 5.56 Å². The zero-order valence-electron chi connectivity index (χ0n) is 16.3. The van der Waals surface area contributed by atoms with Crippen LogP contribution in [-0.2, 0) is 4.74 Å². The Bertz CT molecular complexity index is 541. The molecule has 7 nitrogen and oxygen atoms in total. The van der Waals surface area contributed by atoms with Crippen LogP contribution >= 0.6 is 0 Å². The molecule has 2 rings (SSSR count). The SMILES string of the molecule is COc1ccc(C(CN=C(N)NCCCN2CCOCC2)N(C)C)cc1. The van der Waals surface area contributed by atoms with Crippen molar-refractivity contribution >= 4 is 5.96 Å². The van der Waals surface area contributed by atoms with Crippen LogP contribution in [0.2, 0.25) is 0 Å². The lowest BCUT2D eigenvalue weighted by Crippen LogP contribution is -2.39. The first-order valence-electron chi connectivity index (χ1n) is 9.24. The van der Waals surface area contributed by atoms with Crippen LogP contribution in [0.3, 0.4) is 0 Å². The Labute approximate surface area is 157 Å². The van der Waals surface area contributed by atoms with Crippen LogP contribution in [-0.4, -0.2) is 82.9 Å². The summed E-state index contributed by atoms with van der Waals surface area (Å²) in [4.78, 5) is 9.10. The maximum atomic E-state index is 6.03. The highest BCUT2D eigenvalue weighted by molar-refractivity contribution is 5.77. The molecule has 0 spiro atoms. The van der Waals surface area contributed by atoms with E-state index in [0.717, 1.165) is 51.6 Å². The largest absolute Gasteiger partial charge is 0.497 e. The van der Waals surface area contributed by atoms with Crippen LogP contribution in [0.5, 0.6) is 5.75 Å².